The molecule has 3 aromatic heterocycles. The molecule has 0 unspecified atom stereocenters. The Balaban J connectivity index is 1.49. The van der Waals surface area contributed by atoms with Crippen LogP contribution in [0.4, 0.5) is 11.6 Å². The molecule has 5 rings (SSSR count). The van der Waals surface area contributed by atoms with Gasteiger partial charge in [-0.3, -0.25) is 9.48 Å². The molecule has 0 radical (unpaired) electrons. The predicted molar refractivity (Wildman–Crippen MR) is 125 cm³/mol. The fraction of sp³-hybridized carbons (Fsp3) is 0.304. The van der Waals surface area contributed by atoms with E-state index < -0.39 is 0 Å². The average Bonchev–Trinajstić information content (AvgIpc) is 3.38. The summed E-state index contributed by atoms with van der Waals surface area (Å²) in [7, 11) is 3.39. The number of carbonyl (C=O) groups excluding carboxylic acids is 1. The van der Waals surface area contributed by atoms with Gasteiger partial charge >= 0.3 is 0 Å². The van der Waals surface area contributed by atoms with Crippen molar-refractivity contribution in [2.75, 3.05) is 25.6 Å². The number of anilines is 2. The van der Waals surface area contributed by atoms with Crippen molar-refractivity contribution in [1.29, 1.82) is 0 Å². The van der Waals surface area contributed by atoms with E-state index in [0.717, 1.165) is 29.4 Å². The molecule has 0 bridgehead atoms. The Labute approximate surface area is 195 Å². The number of aryl methyl sites for hydroxylation is 1. The minimum atomic E-state index is -0.300. The molecule has 1 fully saturated rings. The van der Waals surface area contributed by atoms with E-state index in [2.05, 4.69) is 30.7 Å². The third-order valence-electron chi connectivity index (χ3n) is 5.42. The van der Waals surface area contributed by atoms with Crippen LogP contribution in [0.25, 0.3) is 22.2 Å². The second-order valence-corrected chi connectivity index (χ2v) is 8.02. The standard InChI is InChI=1S/C23H25N7O4/c1-30-12-14(10-26-30)16-11-25-20-19(16)22(34-15-4-5-15)29-23(28-20)27-17-6-3-13(9-18(17)33-2)21(32)24-7-8-31/h3,6,9-12,15,31H,4-5,7-8H2,1-2H3,(H,24,32)(H2,25,27,28,29). The number of hydrogen-bond donors (Lipinski definition) is 4. The number of rotatable bonds is 9. The molecular formula is C23H25N7O4. The van der Waals surface area contributed by atoms with Crippen molar-refractivity contribution >= 4 is 28.6 Å². The number of benzene rings is 1. The summed E-state index contributed by atoms with van der Waals surface area (Å²) in [6.45, 7) is 0.0464. The summed E-state index contributed by atoms with van der Waals surface area (Å²) in [6.07, 6.45) is 7.73. The number of fused-ring (bicyclic) bond motifs is 1. The van der Waals surface area contributed by atoms with Gasteiger partial charge in [0, 0.05) is 42.7 Å². The molecule has 1 amide bonds. The minimum absolute atomic E-state index is 0.130. The van der Waals surface area contributed by atoms with Crippen LogP contribution in [0.3, 0.4) is 0 Å². The monoisotopic (exact) mass is 463 g/mol. The maximum Gasteiger partial charge on any atom is 0.251 e. The number of hydrogen-bond acceptors (Lipinski definition) is 8. The average molecular weight is 463 g/mol. The zero-order chi connectivity index (χ0) is 23.7. The Morgan fingerprint density at radius 3 is 2.88 bits per heavy atom. The number of ether oxygens (including phenoxy) is 2. The number of nitrogens with zero attached hydrogens (tertiary/aromatic N) is 4. The highest BCUT2D eigenvalue weighted by Gasteiger charge is 2.27. The van der Waals surface area contributed by atoms with E-state index >= 15 is 0 Å². The summed E-state index contributed by atoms with van der Waals surface area (Å²) < 4.78 is 13.4. The van der Waals surface area contributed by atoms with Crippen molar-refractivity contribution in [3.05, 3.63) is 42.4 Å². The number of aromatic nitrogens is 5. The molecule has 11 heteroatoms. The maximum absolute atomic E-state index is 12.2. The molecule has 1 saturated carbocycles. The van der Waals surface area contributed by atoms with Crippen LogP contribution in [0, 0.1) is 0 Å². The van der Waals surface area contributed by atoms with Crippen LogP contribution in [0.5, 0.6) is 11.6 Å². The highest BCUT2D eigenvalue weighted by molar-refractivity contribution is 5.98. The number of nitrogens with one attached hydrogen (secondary N) is 3. The first kappa shape index (κ1) is 21.7. The molecule has 176 valence electrons. The van der Waals surface area contributed by atoms with E-state index in [9.17, 15) is 4.79 Å². The normalized spacial score (nSPS) is 13.1. The van der Waals surface area contributed by atoms with Crippen molar-refractivity contribution in [3.63, 3.8) is 0 Å². The highest BCUT2D eigenvalue weighted by Crippen LogP contribution is 2.38. The molecular weight excluding hydrogens is 438 g/mol. The minimum Gasteiger partial charge on any atom is -0.495 e. The number of aromatic amines is 1. The summed E-state index contributed by atoms with van der Waals surface area (Å²) in [5.74, 6) is 0.978. The molecule has 0 spiro atoms. The van der Waals surface area contributed by atoms with Gasteiger partial charge in [-0.15, -0.1) is 0 Å². The first-order valence-electron chi connectivity index (χ1n) is 10.9. The SMILES string of the molecule is COc1cc(C(=O)NCCO)ccc1Nc1nc(OC2CC2)c2c(-c3cnn(C)c3)c[nH]c2n1. The molecule has 4 aromatic rings. The van der Waals surface area contributed by atoms with E-state index in [1.807, 2.05) is 19.4 Å². The van der Waals surface area contributed by atoms with E-state index in [0.29, 0.717) is 34.5 Å². The zero-order valence-corrected chi connectivity index (χ0v) is 18.8. The van der Waals surface area contributed by atoms with Gasteiger partial charge in [-0.25, -0.2) is 0 Å². The molecule has 1 aliphatic rings. The van der Waals surface area contributed by atoms with Crippen molar-refractivity contribution in [3.8, 4) is 22.8 Å². The number of carbonyl (C=O) groups is 1. The van der Waals surface area contributed by atoms with E-state index in [4.69, 9.17) is 14.6 Å². The second-order valence-electron chi connectivity index (χ2n) is 8.02. The van der Waals surface area contributed by atoms with Crippen molar-refractivity contribution in [2.45, 2.75) is 18.9 Å². The van der Waals surface area contributed by atoms with Crippen molar-refractivity contribution in [2.24, 2.45) is 7.05 Å². The highest BCUT2D eigenvalue weighted by atomic mass is 16.5. The lowest BCUT2D eigenvalue weighted by Gasteiger charge is -2.13. The van der Waals surface area contributed by atoms with Crippen LogP contribution in [-0.2, 0) is 7.05 Å². The summed E-state index contributed by atoms with van der Waals surface area (Å²) in [5, 5.41) is 19.8. The topological polar surface area (TPSA) is 139 Å². The van der Waals surface area contributed by atoms with Crippen molar-refractivity contribution in [1.82, 2.24) is 30.0 Å². The van der Waals surface area contributed by atoms with Crippen LogP contribution in [-0.4, -0.2) is 62.1 Å². The molecule has 4 N–H and O–H groups in total. The quantitative estimate of drug-likeness (QED) is 0.297. The lowest BCUT2D eigenvalue weighted by molar-refractivity contribution is 0.0944. The van der Waals surface area contributed by atoms with Gasteiger partial charge in [-0.2, -0.15) is 15.1 Å². The summed E-state index contributed by atoms with van der Waals surface area (Å²) in [6, 6.07) is 4.99. The molecule has 1 aromatic carbocycles. The van der Waals surface area contributed by atoms with Crippen LogP contribution < -0.4 is 20.1 Å². The molecule has 0 atom stereocenters. The van der Waals surface area contributed by atoms with Gasteiger partial charge in [0.1, 0.15) is 17.5 Å². The number of amides is 1. The lowest BCUT2D eigenvalue weighted by atomic mass is 10.1. The number of aliphatic hydroxyl groups excluding tert-OH is 1. The van der Waals surface area contributed by atoms with Gasteiger partial charge in [0.05, 0.1) is 31.0 Å². The second kappa shape index (κ2) is 9.02. The van der Waals surface area contributed by atoms with Crippen LogP contribution in [0.2, 0.25) is 0 Å². The number of aliphatic hydroxyl groups is 1. The Hall–Kier alpha value is -4.12. The van der Waals surface area contributed by atoms with Gasteiger partial charge in [-0.05, 0) is 31.0 Å². The van der Waals surface area contributed by atoms with Crippen molar-refractivity contribution < 1.29 is 19.4 Å². The summed E-state index contributed by atoms with van der Waals surface area (Å²) in [5.41, 5.74) is 3.50. The van der Waals surface area contributed by atoms with E-state index in [-0.39, 0.29) is 25.2 Å². The summed E-state index contributed by atoms with van der Waals surface area (Å²) >= 11 is 0. The van der Waals surface area contributed by atoms with Crippen LogP contribution in [0.15, 0.2) is 36.8 Å². The van der Waals surface area contributed by atoms with E-state index in [1.165, 1.54) is 7.11 Å². The Morgan fingerprint density at radius 1 is 1.32 bits per heavy atom. The first-order valence-corrected chi connectivity index (χ1v) is 10.9. The fourth-order valence-electron chi connectivity index (χ4n) is 3.60. The zero-order valence-electron chi connectivity index (χ0n) is 18.8. The van der Waals surface area contributed by atoms with Gasteiger partial charge in [0.15, 0.2) is 0 Å². The third-order valence-corrected chi connectivity index (χ3v) is 5.42. The van der Waals surface area contributed by atoms with Gasteiger partial charge in [0.25, 0.3) is 5.91 Å². The molecule has 34 heavy (non-hydrogen) atoms. The number of methoxy groups -OCH3 is 1. The Kier molecular flexibility index (Phi) is 5.76. The Bertz CT molecular complexity index is 1340. The number of H-pyrrole nitrogens is 1. The van der Waals surface area contributed by atoms with Crippen LogP contribution in [0.1, 0.15) is 23.2 Å². The molecule has 0 aliphatic heterocycles. The summed E-state index contributed by atoms with van der Waals surface area (Å²) in [4.78, 5) is 24.7. The molecule has 1 aliphatic carbocycles. The fourth-order valence-corrected chi connectivity index (χ4v) is 3.60. The predicted octanol–water partition coefficient (Wildman–Crippen LogP) is 2.37. The third kappa shape index (κ3) is 4.37. The molecule has 0 saturated heterocycles. The maximum atomic E-state index is 12.2. The van der Waals surface area contributed by atoms with Gasteiger partial charge in [-0.1, -0.05) is 0 Å². The molecule has 3 heterocycles. The molecule has 11 nitrogen and oxygen atoms in total. The lowest BCUT2D eigenvalue weighted by Crippen LogP contribution is -2.26. The van der Waals surface area contributed by atoms with E-state index in [1.54, 1.807) is 29.1 Å². The first-order chi connectivity index (χ1) is 16.6. The van der Waals surface area contributed by atoms with Crippen LogP contribution >= 0.6 is 0 Å². The van der Waals surface area contributed by atoms with Gasteiger partial charge in [0.2, 0.25) is 11.8 Å². The largest absolute Gasteiger partial charge is 0.495 e. The smallest absolute Gasteiger partial charge is 0.251 e. The Morgan fingerprint density at radius 2 is 2.18 bits per heavy atom. The van der Waals surface area contributed by atoms with Gasteiger partial charge < -0.3 is 30.2 Å².